The molecule has 0 saturated carbocycles. The fraction of sp³-hybridized carbons (Fsp3) is 0. The monoisotopic (exact) mass is 1110 g/mol. The summed E-state index contributed by atoms with van der Waals surface area (Å²) in [5.41, 5.74) is 6.96. The molecule has 0 bridgehead atoms. The van der Waals surface area contributed by atoms with Crippen molar-refractivity contribution in [1.82, 2.24) is 49.1 Å². The van der Waals surface area contributed by atoms with Gasteiger partial charge in [-0.15, -0.1) is 46.1 Å². The van der Waals surface area contributed by atoms with E-state index in [1.165, 1.54) is 0 Å². The number of benzene rings is 3. The molecule has 9 aromatic rings. The van der Waals surface area contributed by atoms with Crippen LogP contribution in [0, 0.1) is 24.3 Å². The van der Waals surface area contributed by atoms with Crippen molar-refractivity contribution in [1.29, 1.82) is 0 Å². The van der Waals surface area contributed by atoms with Crippen LogP contribution >= 0.6 is 0 Å². The Labute approximate surface area is 358 Å². The molecule has 3 aromatic carbocycles. The SMILES string of the molecule is [Pt+2].[Pt+2].[c-]1c(-n2cccn2)ccc2c1B1c3[c-]c(-n4cccn4)cnc3Oc3c4c5c(c(c31)O2)Oc1ncc(-n2cccn2)[c-]c1B5c1[c-]c(-n2cccn2)ccc1O4. The molecular weight excluding hydrogens is 1100 g/mol. The summed E-state index contributed by atoms with van der Waals surface area (Å²) >= 11 is 0. The number of ether oxygens (including phenoxy) is 4. The number of hydrogen-bond acceptors (Lipinski definition) is 10. The number of fused-ring (bicyclic) bond motifs is 10. The number of nitrogens with zero attached hydrogens (tertiary/aromatic N) is 10. The Morgan fingerprint density at radius 1 is 0.431 bits per heavy atom. The first kappa shape index (κ1) is 34.7. The van der Waals surface area contributed by atoms with Gasteiger partial charge < -0.3 is 28.9 Å². The van der Waals surface area contributed by atoms with E-state index in [1.54, 1.807) is 55.9 Å². The van der Waals surface area contributed by atoms with Crippen molar-refractivity contribution in [2.24, 2.45) is 0 Å². The van der Waals surface area contributed by atoms with Crippen molar-refractivity contribution in [3.63, 3.8) is 0 Å². The van der Waals surface area contributed by atoms with Crippen molar-refractivity contribution in [3.05, 3.63) is 135 Å². The standard InChI is InChI=1S/C40H18B2N10O4.2Pt/c1-9-45-49(13-1)23-5-7-31-27(17-23)41-29-19-25(51-15-3-11-47-51)21-43-39(29)55-37-33(41)35(53-31)38-34-36(37)54-32-8-6-24(50-14-2-10-46-50)18-28(32)42(34)30-20-26(22-44-40(30)56-38)52-16-4-12-48-52;;/h1-16,21-22H;;/q-4;2*+2. The fourth-order valence-electron chi connectivity index (χ4n) is 8.01. The van der Waals surface area contributed by atoms with Crippen LogP contribution in [-0.4, -0.2) is 62.5 Å². The third kappa shape index (κ3) is 4.94. The molecule has 0 unspecified atom stereocenters. The van der Waals surface area contributed by atoms with E-state index in [0.29, 0.717) is 79.5 Å². The Morgan fingerprint density at radius 2 is 0.793 bits per heavy atom. The summed E-state index contributed by atoms with van der Waals surface area (Å²) in [6.07, 6.45) is 17.7. The van der Waals surface area contributed by atoms with Gasteiger partial charge in [-0.3, -0.25) is 18.7 Å². The molecule has 13 rings (SSSR count). The Morgan fingerprint density at radius 3 is 1.17 bits per heavy atom. The molecule has 4 aliphatic rings. The van der Waals surface area contributed by atoms with E-state index in [-0.39, 0.29) is 42.1 Å². The largest absolute Gasteiger partial charge is 2.00 e. The minimum Gasteiger partial charge on any atom is -0.514 e. The normalized spacial score (nSPS) is 13.0. The molecule has 0 aliphatic carbocycles. The van der Waals surface area contributed by atoms with Crippen LogP contribution in [0.25, 0.3) is 22.7 Å². The second-order valence-corrected chi connectivity index (χ2v) is 13.4. The van der Waals surface area contributed by atoms with E-state index in [0.717, 1.165) is 22.3 Å². The first-order valence-electron chi connectivity index (χ1n) is 17.7. The van der Waals surface area contributed by atoms with E-state index < -0.39 is 13.4 Å². The first-order valence-corrected chi connectivity index (χ1v) is 17.7. The molecule has 14 nitrogen and oxygen atoms in total. The van der Waals surface area contributed by atoms with Gasteiger partial charge in [0.2, 0.25) is 13.4 Å². The zero-order valence-electron chi connectivity index (χ0n) is 29.3. The van der Waals surface area contributed by atoms with Crippen LogP contribution in [0.5, 0.6) is 46.3 Å². The predicted octanol–water partition coefficient (Wildman–Crippen LogP) is 1.87. The Hall–Kier alpha value is -6.49. The number of rotatable bonds is 4. The molecule has 0 amide bonds. The first-order chi connectivity index (χ1) is 27.7. The summed E-state index contributed by atoms with van der Waals surface area (Å²) in [4.78, 5) is 9.68. The molecule has 58 heavy (non-hydrogen) atoms. The second-order valence-electron chi connectivity index (χ2n) is 13.4. The predicted molar refractivity (Wildman–Crippen MR) is 201 cm³/mol. The number of pyridine rings is 2. The Kier molecular flexibility index (Phi) is 7.80. The summed E-state index contributed by atoms with van der Waals surface area (Å²) in [7, 11) is 0. The molecule has 4 aliphatic heterocycles. The van der Waals surface area contributed by atoms with Crippen LogP contribution in [0.1, 0.15) is 0 Å². The van der Waals surface area contributed by atoms with Crippen LogP contribution < -0.4 is 51.7 Å². The average Bonchev–Trinajstić information content (AvgIpc) is 4.10. The van der Waals surface area contributed by atoms with Gasteiger partial charge in [-0.25, -0.2) is 0 Å². The van der Waals surface area contributed by atoms with Gasteiger partial charge in [-0.1, -0.05) is 12.4 Å². The number of hydrogen-bond donors (Lipinski definition) is 0. The molecule has 0 saturated heterocycles. The Bertz CT molecular complexity index is 2670. The third-order valence-corrected chi connectivity index (χ3v) is 10.4. The van der Waals surface area contributed by atoms with Crippen LogP contribution in [-0.2, 0) is 42.1 Å². The van der Waals surface area contributed by atoms with E-state index in [9.17, 15) is 0 Å². The minimum absolute atomic E-state index is 0. The third-order valence-electron chi connectivity index (χ3n) is 10.4. The molecule has 0 spiro atoms. The fourth-order valence-corrected chi connectivity index (χ4v) is 8.01. The molecule has 0 fully saturated rings. The van der Waals surface area contributed by atoms with Gasteiger partial charge in [0.1, 0.15) is 0 Å². The van der Waals surface area contributed by atoms with E-state index in [4.69, 9.17) is 28.9 Å². The van der Waals surface area contributed by atoms with Gasteiger partial charge >= 0.3 is 42.1 Å². The summed E-state index contributed by atoms with van der Waals surface area (Å²) in [5.74, 6) is 3.71. The van der Waals surface area contributed by atoms with Crippen LogP contribution in [0.3, 0.4) is 0 Å². The average molecular weight is 1110 g/mol. The molecule has 6 aromatic heterocycles. The minimum atomic E-state index is -0.517. The molecule has 10 heterocycles. The molecule has 0 radical (unpaired) electrons. The van der Waals surface area contributed by atoms with Crippen molar-refractivity contribution in [3.8, 4) is 69.0 Å². The molecule has 278 valence electrons. The quantitative estimate of drug-likeness (QED) is 0.190. The molecular formula is C40H18B2N10O4Pt2. The molecule has 18 heteroatoms. The molecule has 0 N–H and O–H groups in total. The summed E-state index contributed by atoms with van der Waals surface area (Å²) in [5, 5.41) is 17.8. The smallest absolute Gasteiger partial charge is 0.514 e. The maximum Gasteiger partial charge on any atom is 2.00 e. The maximum atomic E-state index is 6.90. The van der Waals surface area contributed by atoms with Gasteiger partial charge in [-0.2, -0.15) is 44.7 Å². The number of aromatic nitrogens is 10. The van der Waals surface area contributed by atoms with Crippen LogP contribution in [0.4, 0.5) is 0 Å². The van der Waals surface area contributed by atoms with Gasteiger partial charge in [-0.05, 0) is 47.0 Å². The van der Waals surface area contributed by atoms with Crippen molar-refractivity contribution in [2.75, 3.05) is 0 Å². The topological polar surface area (TPSA) is 134 Å². The van der Waals surface area contributed by atoms with Gasteiger partial charge in [0.05, 0.1) is 11.8 Å². The maximum absolute atomic E-state index is 6.90. The van der Waals surface area contributed by atoms with E-state index in [2.05, 4.69) is 44.7 Å². The zero-order chi connectivity index (χ0) is 36.5. The summed E-state index contributed by atoms with van der Waals surface area (Å²) < 4.78 is 34.4. The summed E-state index contributed by atoms with van der Waals surface area (Å²) in [6.45, 7) is -1.03. The van der Waals surface area contributed by atoms with E-state index in [1.807, 2.05) is 73.3 Å². The Balaban J connectivity index is 0.00000193. The second kappa shape index (κ2) is 13.0. The zero-order valence-corrected chi connectivity index (χ0v) is 33.8. The van der Waals surface area contributed by atoms with Crippen molar-refractivity contribution < 1.29 is 61.1 Å². The van der Waals surface area contributed by atoms with Crippen molar-refractivity contribution in [2.45, 2.75) is 0 Å². The van der Waals surface area contributed by atoms with Crippen LogP contribution in [0.2, 0.25) is 0 Å². The van der Waals surface area contributed by atoms with Crippen molar-refractivity contribution >= 4 is 46.2 Å². The van der Waals surface area contributed by atoms with Crippen LogP contribution in [0.15, 0.2) is 110 Å². The summed E-state index contributed by atoms with van der Waals surface area (Å²) in [6, 6.07) is 29.5. The molecule has 0 atom stereocenters. The van der Waals surface area contributed by atoms with Gasteiger partial charge in [0, 0.05) is 72.0 Å². The van der Waals surface area contributed by atoms with Gasteiger partial charge in [0.15, 0.2) is 23.0 Å². The van der Waals surface area contributed by atoms with Gasteiger partial charge in [0.25, 0.3) is 0 Å². The van der Waals surface area contributed by atoms with E-state index >= 15 is 0 Å².